The average Bonchev–Trinajstić information content (AvgIpc) is 2.98. The van der Waals surface area contributed by atoms with Gasteiger partial charge < -0.3 is 10.4 Å². The van der Waals surface area contributed by atoms with Gasteiger partial charge in [0.2, 0.25) is 0 Å². The van der Waals surface area contributed by atoms with Gasteiger partial charge in [-0.3, -0.25) is 9.89 Å². The van der Waals surface area contributed by atoms with Gasteiger partial charge >= 0.3 is 5.97 Å². The number of H-pyrrole nitrogens is 1. The number of aromatic amines is 1. The van der Waals surface area contributed by atoms with Gasteiger partial charge in [0.1, 0.15) is 12.4 Å². The molecule has 0 radical (unpaired) electrons. The molecule has 0 aliphatic rings. The fourth-order valence-corrected chi connectivity index (χ4v) is 1.86. The lowest BCUT2D eigenvalue weighted by molar-refractivity contribution is -0.140. The molecular weight excluding hydrogens is 272 g/mol. The molecule has 2 aromatic rings. The molecule has 0 bridgehead atoms. The van der Waals surface area contributed by atoms with E-state index in [1.165, 1.54) is 6.33 Å². The first-order valence-electron chi connectivity index (χ1n) is 6.48. The molecule has 0 aliphatic carbocycles. The third-order valence-corrected chi connectivity index (χ3v) is 3.05. The van der Waals surface area contributed by atoms with Crippen molar-refractivity contribution in [2.24, 2.45) is 5.92 Å². The maximum absolute atomic E-state index is 12.1. The molecule has 0 aliphatic heterocycles. The summed E-state index contributed by atoms with van der Waals surface area (Å²) in [4.78, 5) is 27.1. The van der Waals surface area contributed by atoms with Crippen molar-refractivity contribution in [2.75, 3.05) is 0 Å². The minimum absolute atomic E-state index is 0.195. The van der Waals surface area contributed by atoms with Crippen LogP contribution in [0.2, 0.25) is 0 Å². The fraction of sp³-hybridized carbons (Fsp3) is 0.286. The van der Waals surface area contributed by atoms with Crippen LogP contribution in [0.25, 0.3) is 11.4 Å². The maximum Gasteiger partial charge on any atom is 0.326 e. The van der Waals surface area contributed by atoms with Gasteiger partial charge in [-0.1, -0.05) is 26.0 Å². The van der Waals surface area contributed by atoms with Crippen molar-refractivity contribution in [1.29, 1.82) is 0 Å². The summed E-state index contributed by atoms with van der Waals surface area (Å²) in [6.07, 6.45) is 1.40. The van der Waals surface area contributed by atoms with Gasteiger partial charge in [0.05, 0.1) is 0 Å². The molecule has 21 heavy (non-hydrogen) atoms. The van der Waals surface area contributed by atoms with Crippen LogP contribution in [-0.2, 0) is 4.79 Å². The van der Waals surface area contributed by atoms with Gasteiger partial charge in [0, 0.05) is 11.1 Å². The number of carboxylic acids is 1. The first-order chi connectivity index (χ1) is 9.99. The standard InChI is InChI=1S/C14H16N4O3/c1-8(2)11(14(20)21)17-13(19)10-5-3-9(4-6-10)12-15-7-16-18-12/h3-8,11H,1-2H3,(H,17,19)(H,20,21)(H,15,16,18)/t11-/m0/s1. The van der Waals surface area contributed by atoms with Crippen molar-refractivity contribution >= 4 is 11.9 Å². The Morgan fingerprint density at radius 3 is 2.38 bits per heavy atom. The van der Waals surface area contributed by atoms with Crippen LogP contribution in [0.15, 0.2) is 30.6 Å². The monoisotopic (exact) mass is 288 g/mol. The minimum Gasteiger partial charge on any atom is -0.480 e. The van der Waals surface area contributed by atoms with E-state index in [1.54, 1.807) is 38.1 Å². The number of nitrogens with zero attached hydrogens (tertiary/aromatic N) is 2. The quantitative estimate of drug-likeness (QED) is 0.768. The molecule has 1 aromatic carbocycles. The molecule has 0 fully saturated rings. The van der Waals surface area contributed by atoms with E-state index >= 15 is 0 Å². The Labute approximate surface area is 121 Å². The number of benzene rings is 1. The highest BCUT2D eigenvalue weighted by molar-refractivity contribution is 5.96. The van der Waals surface area contributed by atoms with E-state index in [1.807, 2.05) is 0 Å². The van der Waals surface area contributed by atoms with Gasteiger partial charge in [-0.15, -0.1) is 0 Å². The van der Waals surface area contributed by atoms with E-state index in [-0.39, 0.29) is 5.92 Å². The fourth-order valence-electron chi connectivity index (χ4n) is 1.86. The first-order valence-corrected chi connectivity index (χ1v) is 6.48. The highest BCUT2D eigenvalue weighted by Gasteiger charge is 2.23. The number of hydrogen-bond donors (Lipinski definition) is 3. The number of carbonyl (C=O) groups is 2. The van der Waals surface area contributed by atoms with Crippen molar-refractivity contribution in [3.8, 4) is 11.4 Å². The van der Waals surface area contributed by atoms with E-state index in [2.05, 4.69) is 20.5 Å². The van der Waals surface area contributed by atoms with Crippen LogP contribution in [0.5, 0.6) is 0 Å². The minimum atomic E-state index is -1.04. The van der Waals surface area contributed by atoms with Gasteiger partial charge in [-0.05, 0) is 18.1 Å². The predicted octanol–water partition coefficient (Wildman–Crippen LogP) is 1.31. The van der Waals surface area contributed by atoms with Crippen LogP contribution in [0, 0.1) is 5.92 Å². The molecule has 2 rings (SSSR count). The summed E-state index contributed by atoms with van der Waals surface area (Å²) in [5.41, 5.74) is 1.19. The predicted molar refractivity (Wildman–Crippen MR) is 75.5 cm³/mol. The Morgan fingerprint density at radius 2 is 1.90 bits per heavy atom. The molecule has 7 nitrogen and oxygen atoms in total. The zero-order valence-electron chi connectivity index (χ0n) is 11.7. The second-order valence-corrected chi connectivity index (χ2v) is 4.94. The van der Waals surface area contributed by atoms with Gasteiger partial charge in [-0.2, -0.15) is 5.10 Å². The molecule has 110 valence electrons. The number of rotatable bonds is 5. The molecule has 1 aromatic heterocycles. The summed E-state index contributed by atoms with van der Waals surface area (Å²) in [6.45, 7) is 3.48. The Bertz CT molecular complexity index is 620. The van der Waals surface area contributed by atoms with E-state index in [9.17, 15) is 9.59 Å². The summed E-state index contributed by atoms with van der Waals surface area (Å²) in [6, 6.07) is 5.77. The highest BCUT2D eigenvalue weighted by Crippen LogP contribution is 2.14. The van der Waals surface area contributed by atoms with Gasteiger partial charge in [0.15, 0.2) is 5.82 Å². The zero-order chi connectivity index (χ0) is 15.4. The topological polar surface area (TPSA) is 108 Å². The number of carbonyl (C=O) groups excluding carboxylic acids is 1. The van der Waals surface area contributed by atoms with Crippen LogP contribution in [0.4, 0.5) is 0 Å². The number of nitrogens with one attached hydrogen (secondary N) is 2. The number of aromatic nitrogens is 3. The van der Waals surface area contributed by atoms with Gasteiger partial charge in [-0.25, -0.2) is 9.78 Å². The number of amides is 1. The molecule has 1 heterocycles. The molecule has 1 amide bonds. The molecule has 0 saturated heterocycles. The normalized spacial score (nSPS) is 12.1. The second-order valence-electron chi connectivity index (χ2n) is 4.94. The average molecular weight is 288 g/mol. The van der Waals surface area contributed by atoms with Crippen molar-refractivity contribution in [1.82, 2.24) is 20.5 Å². The molecule has 3 N–H and O–H groups in total. The van der Waals surface area contributed by atoms with Crippen LogP contribution in [0.1, 0.15) is 24.2 Å². The number of carboxylic acid groups (broad SMARTS) is 1. The largest absolute Gasteiger partial charge is 0.480 e. The Kier molecular flexibility index (Phi) is 4.32. The van der Waals surface area contributed by atoms with E-state index in [0.717, 1.165) is 5.56 Å². The van der Waals surface area contributed by atoms with Crippen molar-refractivity contribution in [3.63, 3.8) is 0 Å². The lowest BCUT2D eigenvalue weighted by Gasteiger charge is -2.17. The molecule has 0 saturated carbocycles. The van der Waals surface area contributed by atoms with Crippen LogP contribution < -0.4 is 5.32 Å². The van der Waals surface area contributed by atoms with Crippen LogP contribution in [0.3, 0.4) is 0 Å². The smallest absolute Gasteiger partial charge is 0.326 e. The number of hydrogen-bond acceptors (Lipinski definition) is 4. The lowest BCUT2D eigenvalue weighted by Crippen LogP contribution is -2.44. The number of aliphatic carboxylic acids is 1. The Morgan fingerprint density at radius 1 is 1.24 bits per heavy atom. The summed E-state index contributed by atoms with van der Waals surface area (Å²) in [5.74, 6) is -1.05. The summed E-state index contributed by atoms with van der Waals surface area (Å²) >= 11 is 0. The van der Waals surface area contributed by atoms with E-state index in [0.29, 0.717) is 11.4 Å². The molecule has 1 atom stereocenters. The Hall–Kier alpha value is -2.70. The zero-order valence-corrected chi connectivity index (χ0v) is 11.7. The van der Waals surface area contributed by atoms with Crippen molar-refractivity contribution in [2.45, 2.75) is 19.9 Å². The molecule has 0 unspecified atom stereocenters. The second kappa shape index (κ2) is 6.17. The van der Waals surface area contributed by atoms with E-state index in [4.69, 9.17) is 5.11 Å². The van der Waals surface area contributed by atoms with Crippen molar-refractivity contribution < 1.29 is 14.7 Å². The molecule has 7 heteroatoms. The van der Waals surface area contributed by atoms with Crippen LogP contribution in [-0.4, -0.2) is 38.2 Å². The third-order valence-electron chi connectivity index (χ3n) is 3.05. The highest BCUT2D eigenvalue weighted by atomic mass is 16.4. The summed E-state index contributed by atoms with van der Waals surface area (Å²) in [7, 11) is 0. The van der Waals surface area contributed by atoms with Gasteiger partial charge in [0.25, 0.3) is 5.91 Å². The Balaban J connectivity index is 2.11. The maximum atomic E-state index is 12.1. The summed E-state index contributed by atoms with van der Waals surface area (Å²) < 4.78 is 0. The van der Waals surface area contributed by atoms with E-state index < -0.39 is 17.9 Å². The molecular formula is C14H16N4O3. The first kappa shape index (κ1) is 14.7. The summed E-state index contributed by atoms with van der Waals surface area (Å²) in [5, 5.41) is 18.1. The molecule has 0 spiro atoms. The van der Waals surface area contributed by atoms with Crippen molar-refractivity contribution in [3.05, 3.63) is 36.2 Å². The SMILES string of the molecule is CC(C)[C@H](NC(=O)c1ccc(-c2ncn[nH]2)cc1)C(=O)O. The van der Waals surface area contributed by atoms with Crippen LogP contribution >= 0.6 is 0 Å². The third kappa shape index (κ3) is 3.44. The lowest BCUT2D eigenvalue weighted by atomic mass is 10.0.